The number of carbonyl (C=O) groups is 1. The summed E-state index contributed by atoms with van der Waals surface area (Å²) in [5, 5.41) is 7.16. The van der Waals surface area contributed by atoms with Crippen LogP contribution in [-0.4, -0.2) is 12.6 Å². The number of thiophene rings is 1. The Kier molecular flexibility index (Phi) is 3.84. The minimum Gasteiger partial charge on any atom is -0.462 e. The fourth-order valence-electron chi connectivity index (χ4n) is 1.52. The van der Waals surface area contributed by atoms with Crippen molar-refractivity contribution in [2.75, 3.05) is 17.7 Å². The average Bonchev–Trinajstić information content (AvgIpc) is 2.84. The Balaban J connectivity index is 2.23. The molecule has 94 valence electrons. The van der Waals surface area contributed by atoms with Crippen molar-refractivity contribution in [3.8, 4) is 0 Å². The van der Waals surface area contributed by atoms with Gasteiger partial charge in [-0.2, -0.15) is 11.3 Å². The standard InChI is InChI=1S/C13H14N2O2S/c1-2-17-13(16)11-7-9(3-4-12(11)14)15-10-5-6-18-8-10/h3-8,15H,2,14H2,1H3. The summed E-state index contributed by atoms with van der Waals surface area (Å²) in [5.41, 5.74) is 8.37. The van der Waals surface area contributed by atoms with Gasteiger partial charge >= 0.3 is 5.97 Å². The van der Waals surface area contributed by atoms with Crippen molar-refractivity contribution in [3.63, 3.8) is 0 Å². The van der Waals surface area contributed by atoms with E-state index in [9.17, 15) is 4.79 Å². The summed E-state index contributed by atoms with van der Waals surface area (Å²) in [4.78, 5) is 11.7. The highest BCUT2D eigenvalue weighted by molar-refractivity contribution is 7.08. The third kappa shape index (κ3) is 2.81. The van der Waals surface area contributed by atoms with Gasteiger partial charge in [-0.3, -0.25) is 0 Å². The number of benzene rings is 1. The molecule has 0 saturated heterocycles. The molecular formula is C13H14N2O2S. The van der Waals surface area contributed by atoms with Crippen LogP contribution in [0.2, 0.25) is 0 Å². The number of nitrogen functional groups attached to an aromatic ring is 1. The van der Waals surface area contributed by atoms with Crippen molar-refractivity contribution in [2.45, 2.75) is 6.92 Å². The van der Waals surface area contributed by atoms with Crippen LogP contribution >= 0.6 is 11.3 Å². The molecule has 2 rings (SSSR count). The van der Waals surface area contributed by atoms with E-state index in [0.717, 1.165) is 11.4 Å². The molecule has 0 spiro atoms. The van der Waals surface area contributed by atoms with Crippen molar-refractivity contribution in [3.05, 3.63) is 40.6 Å². The number of nitrogens with two attached hydrogens (primary N) is 1. The molecule has 1 aromatic heterocycles. The van der Waals surface area contributed by atoms with E-state index in [0.29, 0.717) is 17.9 Å². The molecule has 0 aliphatic heterocycles. The Morgan fingerprint density at radius 1 is 1.39 bits per heavy atom. The third-order valence-electron chi connectivity index (χ3n) is 2.36. The first-order valence-electron chi connectivity index (χ1n) is 5.56. The van der Waals surface area contributed by atoms with E-state index in [1.54, 1.807) is 30.4 Å². The van der Waals surface area contributed by atoms with Gasteiger partial charge in [-0.05, 0) is 36.6 Å². The number of hydrogen-bond donors (Lipinski definition) is 2. The second kappa shape index (κ2) is 5.55. The maximum atomic E-state index is 11.7. The molecule has 0 aliphatic rings. The number of ether oxygens (including phenoxy) is 1. The molecular weight excluding hydrogens is 248 g/mol. The number of rotatable bonds is 4. The van der Waals surface area contributed by atoms with Gasteiger partial charge in [0.25, 0.3) is 0 Å². The predicted octanol–water partition coefficient (Wildman–Crippen LogP) is 3.25. The number of hydrogen-bond acceptors (Lipinski definition) is 5. The van der Waals surface area contributed by atoms with Crippen LogP contribution in [0.4, 0.5) is 17.1 Å². The molecule has 1 aromatic carbocycles. The largest absolute Gasteiger partial charge is 0.462 e. The first kappa shape index (κ1) is 12.4. The Morgan fingerprint density at radius 2 is 2.22 bits per heavy atom. The van der Waals surface area contributed by atoms with E-state index < -0.39 is 5.97 Å². The molecule has 0 saturated carbocycles. The molecule has 0 aliphatic carbocycles. The van der Waals surface area contributed by atoms with E-state index in [1.165, 1.54) is 0 Å². The molecule has 4 nitrogen and oxygen atoms in total. The van der Waals surface area contributed by atoms with Crippen LogP contribution in [0, 0.1) is 0 Å². The van der Waals surface area contributed by atoms with Crippen molar-refractivity contribution in [2.24, 2.45) is 0 Å². The molecule has 5 heteroatoms. The average molecular weight is 262 g/mol. The summed E-state index contributed by atoms with van der Waals surface area (Å²) in [5.74, 6) is -0.399. The van der Waals surface area contributed by atoms with E-state index >= 15 is 0 Å². The van der Waals surface area contributed by atoms with Crippen LogP contribution in [-0.2, 0) is 4.74 Å². The summed E-state index contributed by atoms with van der Waals surface area (Å²) in [6, 6.07) is 7.19. The van der Waals surface area contributed by atoms with Gasteiger partial charge in [0.1, 0.15) is 0 Å². The van der Waals surface area contributed by atoms with E-state index in [2.05, 4.69) is 5.32 Å². The highest BCUT2D eigenvalue weighted by Gasteiger charge is 2.11. The highest BCUT2D eigenvalue weighted by atomic mass is 32.1. The number of anilines is 3. The van der Waals surface area contributed by atoms with Crippen LogP contribution in [0.3, 0.4) is 0 Å². The number of carbonyl (C=O) groups excluding carboxylic acids is 1. The topological polar surface area (TPSA) is 64.3 Å². The summed E-state index contributed by atoms with van der Waals surface area (Å²) in [6.45, 7) is 2.10. The second-order valence-electron chi connectivity index (χ2n) is 3.66. The first-order valence-corrected chi connectivity index (χ1v) is 6.51. The molecule has 0 fully saturated rings. The SMILES string of the molecule is CCOC(=O)c1cc(Nc2ccsc2)ccc1N. The van der Waals surface area contributed by atoms with E-state index in [4.69, 9.17) is 10.5 Å². The van der Waals surface area contributed by atoms with E-state index in [-0.39, 0.29) is 0 Å². The van der Waals surface area contributed by atoms with Crippen molar-refractivity contribution in [1.29, 1.82) is 0 Å². The van der Waals surface area contributed by atoms with E-state index in [1.807, 2.05) is 22.9 Å². The lowest BCUT2D eigenvalue weighted by atomic mass is 10.1. The van der Waals surface area contributed by atoms with Gasteiger partial charge in [0.2, 0.25) is 0 Å². The van der Waals surface area contributed by atoms with Crippen molar-refractivity contribution in [1.82, 2.24) is 0 Å². The molecule has 0 bridgehead atoms. The maximum absolute atomic E-state index is 11.7. The zero-order valence-electron chi connectivity index (χ0n) is 9.97. The summed E-state index contributed by atoms with van der Waals surface area (Å²) in [6.07, 6.45) is 0. The smallest absolute Gasteiger partial charge is 0.340 e. The highest BCUT2D eigenvalue weighted by Crippen LogP contribution is 2.23. The van der Waals surface area contributed by atoms with Gasteiger partial charge in [0.15, 0.2) is 0 Å². The summed E-state index contributed by atoms with van der Waals surface area (Å²) < 4.78 is 4.95. The molecule has 0 amide bonds. The molecule has 1 heterocycles. The summed E-state index contributed by atoms with van der Waals surface area (Å²) >= 11 is 1.60. The quantitative estimate of drug-likeness (QED) is 0.655. The van der Waals surface area contributed by atoms with Crippen LogP contribution in [0.1, 0.15) is 17.3 Å². The lowest BCUT2D eigenvalue weighted by molar-refractivity contribution is 0.0527. The zero-order chi connectivity index (χ0) is 13.0. The Hall–Kier alpha value is -2.01. The summed E-state index contributed by atoms with van der Waals surface area (Å²) in [7, 11) is 0. The van der Waals surface area contributed by atoms with Gasteiger partial charge in [-0.25, -0.2) is 4.79 Å². The number of nitrogens with one attached hydrogen (secondary N) is 1. The Bertz CT molecular complexity index is 538. The van der Waals surface area contributed by atoms with Crippen molar-refractivity contribution < 1.29 is 9.53 Å². The minimum atomic E-state index is -0.399. The molecule has 0 atom stereocenters. The molecule has 18 heavy (non-hydrogen) atoms. The van der Waals surface area contributed by atoms with Crippen LogP contribution in [0.5, 0.6) is 0 Å². The lowest BCUT2D eigenvalue weighted by Gasteiger charge is -2.09. The van der Waals surface area contributed by atoms with Crippen molar-refractivity contribution >= 4 is 34.4 Å². The van der Waals surface area contributed by atoms with Gasteiger partial charge in [0, 0.05) is 22.4 Å². The monoisotopic (exact) mass is 262 g/mol. The minimum absolute atomic E-state index is 0.334. The Morgan fingerprint density at radius 3 is 2.89 bits per heavy atom. The van der Waals surface area contributed by atoms with Gasteiger partial charge in [-0.15, -0.1) is 0 Å². The third-order valence-corrected chi connectivity index (χ3v) is 3.04. The molecule has 0 unspecified atom stereocenters. The molecule has 0 radical (unpaired) electrons. The fraction of sp³-hybridized carbons (Fsp3) is 0.154. The van der Waals surface area contributed by atoms with Crippen LogP contribution in [0.25, 0.3) is 0 Å². The zero-order valence-corrected chi connectivity index (χ0v) is 10.8. The lowest BCUT2D eigenvalue weighted by Crippen LogP contribution is -2.08. The van der Waals surface area contributed by atoms with Gasteiger partial charge in [0.05, 0.1) is 12.2 Å². The first-order chi connectivity index (χ1) is 8.70. The predicted molar refractivity (Wildman–Crippen MR) is 74.4 cm³/mol. The van der Waals surface area contributed by atoms with Gasteiger partial charge < -0.3 is 15.8 Å². The van der Waals surface area contributed by atoms with Crippen LogP contribution < -0.4 is 11.1 Å². The fourth-order valence-corrected chi connectivity index (χ4v) is 2.11. The number of esters is 1. The Labute approximate surface area is 109 Å². The van der Waals surface area contributed by atoms with Gasteiger partial charge in [-0.1, -0.05) is 0 Å². The second-order valence-corrected chi connectivity index (χ2v) is 4.44. The molecule has 2 aromatic rings. The maximum Gasteiger partial charge on any atom is 0.340 e. The van der Waals surface area contributed by atoms with Crippen LogP contribution in [0.15, 0.2) is 35.0 Å². The normalized spacial score (nSPS) is 10.1. The molecule has 3 N–H and O–H groups in total.